The van der Waals surface area contributed by atoms with Crippen LogP contribution in [-0.2, 0) is 55.0 Å². The summed E-state index contributed by atoms with van der Waals surface area (Å²) >= 11 is 3.49. The Bertz CT molecular complexity index is 1300. The average Bonchev–Trinajstić information content (AvgIpc) is 3.39. The van der Waals surface area contributed by atoms with Crippen molar-refractivity contribution >= 4 is 51.4 Å². The Labute approximate surface area is 226 Å². The minimum absolute atomic E-state index is 0.0823. The first kappa shape index (κ1) is 27.3. The highest BCUT2D eigenvalue weighted by molar-refractivity contribution is 9.10. The molecule has 1 amide bonds. The molecule has 38 heavy (non-hydrogen) atoms. The number of carbonyl (C=O) groups excluding carboxylic acids is 5. The molecule has 2 aliphatic rings. The number of nitrogens with zero attached hydrogens (tertiary/aromatic N) is 1. The molecular formula is C26H25BrN2O9. The first-order valence-electron chi connectivity index (χ1n) is 11.4. The molecule has 1 N–H and O–H groups in total. The van der Waals surface area contributed by atoms with E-state index in [4.69, 9.17) is 18.9 Å². The summed E-state index contributed by atoms with van der Waals surface area (Å²) in [5, 5.41) is 2.80. The van der Waals surface area contributed by atoms with Crippen LogP contribution in [0.5, 0.6) is 0 Å². The highest BCUT2D eigenvalue weighted by atomic mass is 79.9. The lowest BCUT2D eigenvalue weighted by atomic mass is 9.72. The summed E-state index contributed by atoms with van der Waals surface area (Å²) in [6.07, 6.45) is 0. The Balaban J connectivity index is 2.07. The number of ether oxygens (including phenoxy) is 4. The molecule has 1 fully saturated rings. The molecule has 0 unspecified atom stereocenters. The van der Waals surface area contributed by atoms with E-state index in [0.717, 1.165) is 34.0 Å². The zero-order valence-corrected chi connectivity index (χ0v) is 22.6. The molecule has 2 heterocycles. The van der Waals surface area contributed by atoms with Gasteiger partial charge in [0.25, 0.3) is 5.91 Å². The molecule has 0 aliphatic carbocycles. The maximum absolute atomic E-state index is 14.5. The van der Waals surface area contributed by atoms with E-state index in [9.17, 15) is 24.0 Å². The van der Waals surface area contributed by atoms with Gasteiger partial charge < -0.3 is 23.8 Å². The molecule has 1 spiro atoms. The van der Waals surface area contributed by atoms with Crippen molar-refractivity contribution in [3.05, 3.63) is 64.1 Å². The second-order valence-electron chi connectivity index (χ2n) is 8.74. The zero-order valence-electron chi connectivity index (χ0n) is 21.0. The number of esters is 4. The summed E-state index contributed by atoms with van der Waals surface area (Å²) in [5.74, 6) is -8.92. The topological polar surface area (TPSA) is 138 Å². The highest BCUT2D eigenvalue weighted by Gasteiger charge is 2.79. The van der Waals surface area contributed by atoms with Crippen molar-refractivity contribution in [2.45, 2.75) is 17.6 Å². The van der Waals surface area contributed by atoms with E-state index in [1.807, 2.05) is 30.3 Å². The Kier molecular flexibility index (Phi) is 7.31. The van der Waals surface area contributed by atoms with Crippen LogP contribution in [0.25, 0.3) is 0 Å². The molecule has 11 nitrogen and oxygen atoms in total. The van der Waals surface area contributed by atoms with E-state index in [2.05, 4.69) is 21.2 Å². The van der Waals surface area contributed by atoms with Crippen molar-refractivity contribution in [2.24, 2.45) is 11.8 Å². The molecule has 2 aliphatic heterocycles. The fourth-order valence-corrected chi connectivity index (χ4v) is 6.06. The van der Waals surface area contributed by atoms with E-state index < -0.39 is 52.7 Å². The van der Waals surface area contributed by atoms with Crippen LogP contribution in [0.3, 0.4) is 0 Å². The Morgan fingerprint density at radius 3 is 1.97 bits per heavy atom. The molecule has 12 heteroatoms. The maximum atomic E-state index is 14.5. The van der Waals surface area contributed by atoms with Crippen LogP contribution >= 0.6 is 15.9 Å². The lowest BCUT2D eigenvalue weighted by Gasteiger charge is -2.31. The third kappa shape index (κ3) is 3.70. The van der Waals surface area contributed by atoms with Crippen molar-refractivity contribution in [1.29, 1.82) is 0 Å². The summed E-state index contributed by atoms with van der Waals surface area (Å²) in [7, 11) is 4.11. The van der Waals surface area contributed by atoms with Gasteiger partial charge in [-0.3, -0.25) is 19.7 Å². The SMILES string of the molecule is COC(=O)[C@@H]1[C@@H](C(=O)OC)[C@@]2(NC1(C(=O)OC)C(=O)OC)C(=O)N(Cc1ccccc1)c1c(Br)cccc12. The lowest BCUT2D eigenvalue weighted by Crippen LogP contribution is -2.64. The zero-order chi connectivity index (χ0) is 27.8. The number of rotatable bonds is 6. The number of carbonyl (C=O) groups is 5. The van der Waals surface area contributed by atoms with Crippen molar-refractivity contribution in [3.63, 3.8) is 0 Å². The maximum Gasteiger partial charge on any atom is 0.338 e. The van der Waals surface area contributed by atoms with Gasteiger partial charge in [-0.15, -0.1) is 0 Å². The number of anilines is 1. The number of hydrogen-bond donors (Lipinski definition) is 1. The van der Waals surface area contributed by atoms with Gasteiger partial charge in [0.05, 0.1) is 40.7 Å². The molecular weight excluding hydrogens is 564 g/mol. The molecule has 4 rings (SSSR count). The fraction of sp³-hybridized carbons (Fsp3) is 0.346. The van der Waals surface area contributed by atoms with Gasteiger partial charge in [0.15, 0.2) is 0 Å². The Morgan fingerprint density at radius 2 is 1.42 bits per heavy atom. The number of para-hydroxylation sites is 1. The van der Waals surface area contributed by atoms with Gasteiger partial charge in [-0.05, 0) is 27.6 Å². The van der Waals surface area contributed by atoms with Crippen LogP contribution in [0.15, 0.2) is 53.0 Å². The highest BCUT2D eigenvalue weighted by Crippen LogP contribution is 2.57. The smallest absolute Gasteiger partial charge is 0.338 e. The Hall–Kier alpha value is -3.77. The monoisotopic (exact) mass is 588 g/mol. The lowest BCUT2D eigenvalue weighted by molar-refractivity contribution is -0.173. The molecule has 2 aromatic rings. The van der Waals surface area contributed by atoms with E-state index in [0.29, 0.717) is 10.2 Å². The van der Waals surface area contributed by atoms with Crippen molar-refractivity contribution in [2.75, 3.05) is 33.3 Å². The van der Waals surface area contributed by atoms with Gasteiger partial charge >= 0.3 is 23.9 Å². The van der Waals surface area contributed by atoms with Gasteiger partial charge in [0.1, 0.15) is 17.4 Å². The molecule has 0 aromatic heterocycles. The number of nitrogens with one attached hydrogen (secondary N) is 1. The molecule has 0 saturated carbocycles. The minimum Gasteiger partial charge on any atom is -0.469 e. The molecule has 0 bridgehead atoms. The van der Waals surface area contributed by atoms with E-state index in [-0.39, 0.29) is 12.1 Å². The number of halogens is 1. The third-order valence-corrected chi connectivity index (χ3v) is 7.67. The van der Waals surface area contributed by atoms with Crippen LogP contribution in [0.4, 0.5) is 5.69 Å². The summed E-state index contributed by atoms with van der Waals surface area (Å²) in [5.41, 5.74) is -3.33. The van der Waals surface area contributed by atoms with Crippen molar-refractivity contribution < 1.29 is 42.9 Å². The second kappa shape index (κ2) is 10.2. The van der Waals surface area contributed by atoms with Gasteiger partial charge in [0, 0.05) is 10.0 Å². The van der Waals surface area contributed by atoms with Gasteiger partial charge in [0.2, 0.25) is 5.54 Å². The first-order chi connectivity index (χ1) is 18.1. The number of amides is 1. The summed E-state index contributed by atoms with van der Waals surface area (Å²) < 4.78 is 20.3. The Morgan fingerprint density at radius 1 is 0.842 bits per heavy atom. The fourth-order valence-electron chi connectivity index (χ4n) is 5.48. The molecule has 0 radical (unpaired) electrons. The van der Waals surface area contributed by atoms with Crippen molar-refractivity contribution in [1.82, 2.24) is 5.32 Å². The normalized spacial score (nSPS) is 23.1. The van der Waals surface area contributed by atoms with Crippen LogP contribution < -0.4 is 10.2 Å². The quantitative estimate of drug-likeness (QED) is 0.300. The first-order valence-corrected chi connectivity index (χ1v) is 12.2. The van der Waals surface area contributed by atoms with Crippen LogP contribution in [0.2, 0.25) is 0 Å². The number of methoxy groups -OCH3 is 4. The minimum atomic E-state index is -2.62. The molecule has 3 atom stereocenters. The van der Waals surface area contributed by atoms with E-state index in [1.165, 1.54) is 4.90 Å². The van der Waals surface area contributed by atoms with Gasteiger partial charge in [-0.25, -0.2) is 9.59 Å². The van der Waals surface area contributed by atoms with E-state index >= 15 is 0 Å². The standard InChI is InChI=1S/C26H25BrN2O9/c1-35-20(30)17-18(21(31)36-2)26(23(33)37-3,24(34)38-4)28-25(17)15-11-8-12-16(27)19(15)29(22(25)32)13-14-9-6-5-7-10-14/h5-12,17-18,28H,13H2,1-4H3/t17-,18-,25+/m0/s1. The molecule has 200 valence electrons. The van der Waals surface area contributed by atoms with Crippen LogP contribution in [0.1, 0.15) is 11.1 Å². The third-order valence-electron chi connectivity index (χ3n) is 7.03. The van der Waals surface area contributed by atoms with Crippen molar-refractivity contribution in [3.8, 4) is 0 Å². The summed E-state index contributed by atoms with van der Waals surface area (Å²) in [4.78, 5) is 69.4. The van der Waals surface area contributed by atoms with E-state index in [1.54, 1.807) is 18.2 Å². The largest absolute Gasteiger partial charge is 0.469 e. The summed E-state index contributed by atoms with van der Waals surface area (Å²) in [6.45, 7) is 0.0823. The van der Waals surface area contributed by atoms with Crippen LogP contribution in [-0.4, -0.2) is 63.8 Å². The predicted molar refractivity (Wildman–Crippen MR) is 134 cm³/mol. The number of fused-ring (bicyclic) bond motifs is 2. The second-order valence-corrected chi connectivity index (χ2v) is 9.59. The predicted octanol–water partition coefficient (Wildman–Crippen LogP) is 1.46. The summed E-state index contributed by atoms with van der Waals surface area (Å²) in [6, 6.07) is 14.0. The molecule has 2 aromatic carbocycles. The van der Waals surface area contributed by atoms with Gasteiger partial charge in [-0.2, -0.15) is 0 Å². The average molecular weight is 589 g/mol. The number of hydrogen-bond acceptors (Lipinski definition) is 10. The van der Waals surface area contributed by atoms with Crippen LogP contribution in [0, 0.1) is 11.8 Å². The number of benzene rings is 2. The molecule has 1 saturated heterocycles. The van der Waals surface area contributed by atoms with Gasteiger partial charge in [-0.1, -0.05) is 42.5 Å².